The molecule has 0 aliphatic rings. The van der Waals surface area contributed by atoms with Gasteiger partial charge in [-0.2, -0.15) is 5.10 Å². The third-order valence-corrected chi connectivity index (χ3v) is 5.06. The molecule has 0 bridgehead atoms. The number of nitrogens with zero attached hydrogens (tertiary/aromatic N) is 1. The van der Waals surface area contributed by atoms with E-state index in [2.05, 4.69) is 26.5 Å². The van der Waals surface area contributed by atoms with Gasteiger partial charge in [-0.05, 0) is 48.4 Å². The van der Waals surface area contributed by atoms with E-state index in [0.29, 0.717) is 5.75 Å². The molecule has 2 aromatic carbocycles. The summed E-state index contributed by atoms with van der Waals surface area (Å²) in [7, 11) is 1.63. The third-order valence-electron chi connectivity index (χ3n) is 3.30. The van der Waals surface area contributed by atoms with Crippen LogP contribution >= 0.6 is 27.7 Å². The number of carbonyl (C=O) groups excluding carboxylic acids is 1. The maximum absolute atomic E-state index is 11.9. The van der Waals surface area contributed by atoms with Gasteiger partial charge in [0, 0.05) is 10.2 Å². The van der Waals surface area contributed by atoms with E-state index in [1.165, 1.54) is 5.56 Å². The number of hydrogen-bond acceptors (Lipinski definition) is 4. The highest BCUT2D eigenvalue weighted by Crippen LogP contribution is 2.21. The molecular weight excluding hydrogens is 388 g/mol. The highest BCUT2D eigenvalue weighted by Gasteiger charge is 2.04. The van der Waals surface area contributed by atoms with E-state index < -0.39 is 0 Å². The van der Waals surface area contributed by atoms with E-state index in [4.69, 9.17) is 4.74 Å². The predicted octanol–water partition coefficient (Wildman–Crippen LogP) is 4.23. The Morgan fingerprint density at radius 1 is 1.21 bits per heavy atom. The van der Waals surface area contributed by atoms with Crippen molar-refractivity contribution in [2.75, 3.05) is 12.9 Å². The molecule has 2 rings (SSSR count). The second-order valence-corrected chi connectivity index (χ2v) is 6.88. The summed E-state index contributed by atoms with van der Waals surface area (Å²) in [6.45, 7) is 1.86. The monoisotopic (exact) mass is 406 g/mol. The number of methoxy groups -OCH3 is 1. The number of amides is 1. The van der Waals surface area contributed by atoms with Crippen molar-refractivity contribution in [3.63, 3.8) is 0 Å². The van der Waals surface area contributed by atoms with Gasteiger partial charge in [0.05, 0.1) is 18.6 Å². The minimum absolute atomic E-state index is 0.111. The van der Waals surface area contributed by atoms with Crippen LogP contribution in [0, 0.1) is 0 Å². The predicted molar refractivity (Wildman–Crippen MR) is 104 cm³/mol. The van der Waals surface area contributed by atoms with E-state index in [0.717, 1.165) is 27.3 Å². The Bertz CT molecular complexity index is 717. The fraction of sp³-hybridized carbons (Fsp3) is 0.222. The lowest BCUT2D eigenvalue weighted by atomic mass is 10.1. The third kappa shape index (κ3) is 5.69. The molecule has 0 saturated carbocycles. The molecular formula is C18H19BrN2O2S. The summed E-state index contributed by atoms with van der Waals surface area (Å²) >= 11 is 5.06. The van der Waals surface area contributed by atoms with Crippen molar-refractivity contribution in [1.29, 1.82) is 0 Å². The lowest BCUT2D eigenvalue weighted by Gasteiger charge is -2.05. The van der Waals surface area contributed by atoms with Gasteiger partial charge in [0.1, 0.15) is 5.75 Å². The molecule has 2 aromatic rings. The second kappa shape index (κ2) is 9.49. The molecule has 0 atom stereocenters. The number of benzene rings is 2. The molecule has 24 heavy (non-hydrogen) atoms. The normalized spacial score (nSPS) is 11.2. The largest absolute Gasteiger partial charge is 0.497 e. The first-order valence-corrected chi connectivity index (χ1v) is 9.33. The van der Waals surface area contributed by atoms with E-state index in [-0.39, 0.29) is 5.91 Å². The lowest BCUT2D eigenvalue weighted by Crippen LogP contribution is -2.21. The van der Waals surface area contributed by atoms with Crippen molar-refractivity contribution >= 4 is 39.3 Å². The van der Waals surface area contributed by atoms with Crippen molar-refractivity contribution in [1.82, 2.24) is 5.43 Å². The van der Waals surface area contributed by atoms with Crippen molar-refractivity contribution in [2.24, 2.45) is 5.10 Å². The number of nitrogens with one attached hydrogen (secondary N) is 1. The fourth-order valence-electron chi connectivity index (χ4n) is 1.94. The van der Waals surface area contributed by atoms with Crippen LogP contribution < -0.4 is 10.2 Å². The molecule has 0 aliphatic carbocycles. The average Bonchev–Trinajstić information content (AvgIpc) is 2.61. The standard InChI is InChI=1S/C18H19BrN2O2S/c1-13(14-7-9-16(23-2)10-8-14)20-21-18(22)12-24-11-15-5-3-4-6-17(15)19/h3-10H,11-12H2,1-2H3,(H,21,22)/b20-13-. The van der Waals surface area contributed by atoms with Gasteiger partial charge in [0.25, 0.3) is 0 Å². The van der Waals surface area contributed by atoms with Gasteiger partial charge in [-0.25, -0.2) is 5.43 Å². The summed E-state index contributed by atoms with van der Waals surface area (Å²) in [5.41, 5.74) is 5.46. The molecule has 0 aromatic heterocycles. The minimum atomic E-state index is -0.111. The van der Waals surface area contributed by atoms with Gasteiger partial charge in [-0.1, -0.05) is 34.1 Å². The van der Waals surface area contributed by atoms with Crippen molar-refractivity contribution in [2.45, 2.75) is 12.7 Å². The molecule has 1 amide bonds. The van der Waals surface area contributed by atoms with Gasteiger partial charge in [0.2, 0.25) is 5.91 Å². The van der Waals surface area contributed by atoms with Crippen molar-refractivity contribution < 1.29 is 9.53 Å². The number of thioether (sulfide) groups is 1. The minimum Gasteiger partial charge on any atom is -0.497 e. The maximum Gasteiger partial charge on any atom is 0.250 e. The van der Waals surface area contributed by atoms with Crippen molar-refractivity contribution in [3.05, 3.63) is 64.1 Å². The first-order chi connectivity index (χ1) is 11.6. The Balaban J connectivity index is 1.80. The van der Waals surface area contributed by atoms with Gasteiger partial charge < -0.3 is 4.74 Å². The highest BCUT2D eigenvalue weighted by molar-refractivity contribution is 9.10. The molecule has 126 valence electrons. The van der Waals surface area contributed by atoms with Crippen LogP contribution in [0.3, 0.4) is 0 Å². The van der Waals surface area contributed by atoms with Crippen LogP contribution in [0.2, 0.25) is 0 Å². The number of hydrogen-bond donors (Lipinski definition) is 1. The summed E-state index contributed by atoms with van der Waals surface area (Å²) in [5, 5.41) is 4.15. The molecule has 0 heterocycles. The van der Waals surface area contributed by atoms with Gasteiger partial charge >= 0.3 is 0 Å². The SMILES string of the molecule is COc1ccc(/C(C)=N\NC(=O)CSCc2ccccc2Br)cc1. The van der Waals surface area contributed by atoms with Crippen molar-refractivity contribution in [3.8, 4) is 5.75 Å². The second-order valence-electron chi connectivity index (χ2n) is 5.04. The molecule has 4 nitrogen and oxygen atoms in total. The summed E-state index contributed by atoms with van der Waals surface area (Å²) < 4.78 is 6.18. The van der Waals surface area contributed by atoms with E-state index in [1.807, 2.05) is 55.5 Å². The van der Waals surface area contributed by atoms with Gasteiger partial charge in [-0.15, -0.1) is 11.8 Å². The quantitative estimate of drug-likeness (QED) is 0.552. The topological polar surface area (TPSA) is 50.7 Å². The Morgan fingerprint density at radius 2 is 1.92 bits per heavy atom. The first kappa shape index (κ1) is 18.5. The lowest BCUT2D eigenvalue weighted by molar-refractivity contribution is -0.118. The molecule has 0 aliphatic heterocycles. The van der Waals surface area contributed by atoms with Crippen LogP contribution in [0.25, 0.3) is 0 Å². The van der Waals surface area contributed by atoms with Crippen LogP contribution in [-0.2, 0) is 10.5 Å². The number of rotatable bonds is 7. The first-order valence-electron chi connectivity index (χ1n) is 7.39. The number of ether oxygens (including phenoxy) is 1. The van der Waals surface area contributed by atoms with Crippen LogP contribution in [0.15, 0.2) is 58.1 Å². The van der Waals surface area contributed by atoms with Gasteiger partial charge in [0.15, 0.2) is 0 Å². The molecule has 0 fully saturated rings. The summed E-state index contributed by atoms with van der Waals surface area (Å²) in [6.07, 6.45) is 0. The molecule has 0 unspecified atom stereocenters. The van der Waals surface area contributed by atoms with Gasteiger partial charge in [-0.3, -0.25) is 4.79 Å². The number of hydrazone groups is 1. The molecule has 0 spiro atoms. The molecule has 6 heteroatoms. The number of halogens is 1. The van der Waals surface area contributed by atoms with Crippen LogP contribution in [-0.4, -0.2) is 24.5 Å². The van der Waals surface area contributed by atoms with E-state index >= 15 is 0 Å². The zero-order valence-corrected chi connectivity index (χ0v) is 16.0. The summed E-state index contributed by atoms with van der Waals surface area (Å²) in [5.74, 6) is 1.82. The summed E-state index contributed by atoms with van der Waals surface area (Å²) in [4.78, 5) is 11.9. The van der Waals surface area contributed by atoms with Crippen LogP contribution in [0.1, 0.15) is 18.1 Å². The Morgan fingerprint density at radius 3 is 2.58 bits per heavy atom. The van der Waals surface area contributed by atoms with Crippen LogP contribution in [0.5, 0.6) is 5.75 Å². The molecule has 0 radical (unpaired) electrons. The number of carbonyl (C=O) groups is 1. The molecule has 1 N–H and O–H groups in total. The smallest absolute Gasteiger partial charge is 0.250 e. The van der Waals surface area contributed by atoms with Crippen LogP contribution in [0.4, 0.5) is 0 Å². The summed E-state index contributed by atoms with van der Waals surface area (Å²) in [6, 6.07) is 15.6. The highest BCUT2D eigenvalue weighted by atomic mass is 79.9. The Hall–Kier alpha value is -1.79. The average molecular weight is 407 g/mol. The molecule has 0 saturated heterocycles. The zero-order chi connectivity index (χ0) is 17.4. The Kier molecular flexibility index (Phi) is 7.34. The maximum atomic E-state index is 11.9. The van der Waals surface area contributed by atoms with E-state index in [9.17, 15) is 4.79 Å². The Labute approximate surface area is 154 Å². The fourth-order valence-corrected chi connectivity index (χ4v) is 3.38. The van der Waals surface area contributed by atoms with E-state index in [1.54, 1.807) is 18.9 Å². The zero-order valence-electron chi connectivity index (χ0n) is 13.6.